The Morgan fingerprint density at radius 2 is 1.40 bits per heavy atom. The Morgan fingerprint density at radius 1 is 1.07 bits per heavy atom. The summed E-state index contributed by atoms with van der Waals surface area (Å²) in [5.41, 5.74) is 6.26. The third kappa shape index (κ3) is 2.52. The Morgan fingerprint density at radius 3 is 1.67 bits per heavy atom. The maximum Gasteiger partial charge on any atom is 0.101 e. The predicted octanol–water partition coefficient (Wildman–Crippen LogP) is 3.38. The molecular weight excluding hydrogens is 189 g/mol. The maximum atomic E-state index is 13.7. The van der Waals surface area contributed by atoms with Crippen molar-refractivity contribution in [2.75, 3.05) is 0 Å². The van der Waals surface area contributed by atoms with Crippen molar-refractivity contribution in [2.45, 2.75) is 59.2 Å². The van der Waals surface area contributed by atoms with Gasteiger partial charge in [0.15, 0.2) is 0 Å². The Bertz CT molecular complexity index is 191. The SMILES string of the molecule is CC(C)C1CC(F)CC(C(C)C)C1(C)N. The molecule has 0 aromatic carbocycles. The first-order chi connectivity index (χ1) is 6.76. The second kappa shape index (κ2) is 4.40. The van der Waals surface area contributed by atoms with Crippen LogP contribution in [-0.4, -0.2) is 11.7 Å². The van der Waals surface area contributed by atoms with Crippen LogP contribution in [-0.2, 0) is 0 Å². The van der Waals surface area contributed by atoms with E-state index in [4.69, 9.17) is 5.73 Å². The van der Waals surface area contributed by atoms with Crippen LogP contribution in [0.2, 0.25) is 0 Å². The molecule has 0 aliphatic heterocycles. The highest BCUT2D eigenvalue weighted by Gasteiger charge is 2.46. The largest absolute Gasteiger partial charge is 0.325 e. The van der Waals surface area contributed by atoms with Crippen molar-refractivity contribution < 1.29 is 4.39 Å². The first-order valence-electron chi connectivity index (χ1n) is 6.19. The maximum absolute atomic E-state index is 13.7. The summed E-state index contributed by atoms with van der Waals surface area (Å²) in [4.78, 5) is 0. The molecule has 1 rings (SSSR count). The second-order valence-electron chi connectivity index (χ2n) is 6.14. The Labute approximate surface area is 93.6 Å². The fraction of sp³-hybridized carbons (Fsp3) is 1.00. The third-order valence-corrected chi connectivity index (χ3v) is 4.23. The molecule has 0 radical (unpaired) electrons. The van der Waals surface area contributed by atoms with Gasteiger partial charge in [-0.15, -0.1) is 0 Å². The molecule has 1 fully saturated rings. The molecule has 0 bridgehead atoms. The monoisotopic (exact) mass is 215 g/mol. The van der Waals surface area contributed by atoms with Crippen molar-refractivity contribution in [1.29, 1.82) is 0 Å². The molecule has 0 aromatic heterocycles. The van der Waals surface area contributed by atoms with E-state index in [1.807, 2.05) is 0 Å². The molecule has 0 aromatic rings. The number of rotatable bonds is 2. The zero-order valence-electron chi connectivity index (χ0n) is 10.8. The first kappa shape index (κ1) is 13.0. The second-order valence-corrected chi connectivity index (χ2v) is 6.14. The van der Waals surface area contributed by atoms with Crippen LogP contribution in [0.25, 0.3) is 0 Å². The molecule has 0 amide bonds. The quantitative estimate of drug-likeness (QED) is 0.751. The van der Waals surface area contributed by atoms with Gasteiger partial charge in [0.25, 0.3) is 0 Å². The molecule has 0 saturated heterocycles. The highest BCUT2D eigenvalue weighted by Crippen LogP contribution is 2.44. The molecule has 2 heteroatoms. The molecule has 1 saturated carbocycles. The van der Waals surface area contributed by atoms with Gasteiger partial charge in [-0.2, -0.15) is 0 Å². The van der Waals surface area contributed by atoms with Gasteiger partial charge in [-0.05, 0) is 43.4 Å². The average Bonchev–Trinajstić information content (AvgIpc) is 2.07. The standard InChI is InChI=1S/C13H26FN/c1-8(2)11-6-10(14)7-12(9(3)4)13(11,5)15/h8-12H,6-7,15H2,1-5H3. The first-order valence-corrected chi connectivity index (χ1v) is 6.19. The molecule has 2 atom stereocenters. The zero-order valence-corrected chi connectivity index (χ0v) is 10.8. The van der Waals surface area contributed by atoms with E-state index in [1.54, 1.807) is 0 Å². The van der Waals surface area contributed by atoms with E-state index in [0.29, 0.717) is 36.5 Å². The summed E-state index contributed by atoms with van der Waals surface area (Å²) in [6.45, 7) is 10.8. The normalized spacial score (nSPS) is 42.6. The van der Waals surface area contributed by atoms with Gasteiger partial charge in [-0.3, -0.25) is 0 Å². The van der Waals surface area contributed by atoms with Crippen molar-refractivity contribution in [3.63, 3.8) is 0 Å². The van der Waals surface area contributed by atoms with Gasteiger partial charge >= 0.3 is 0 Å². The summed E-state index contributed by atoms with van der Waals surface area (Å²) in [5.74, 6) is 1.57. The van der Waals surface area contributed by atoms with E-state index in [1.165, 1.54) is 0 Å². The molecule has 2 N–H and O–H groups in total. The summed E-state index contributed by atoms with van der Waals surface area (Å²) < 4.78 is 13.7. The van der Waals surface area contributed by atoms with E-state index in [9.17, 15) is 4.39 Å². The number of alkyl halides is 1. The summed E-state index contributed by atoms with van der Waals surface area (Å²) >= 11 is 0. The van der Waals surface area contributed by atoms with Crippen LogP contribution < -0.4 is 5.73 Å². The molecule has 1 aliphatic carbocycles. The fourth-order valence-corrected chi connectivity index (χ4v) is 3.41. The number of nitrogens with two attached hydrogens (primary N) is 1. The van der Waals surface area contributed by atoms with E-state index in [2.05, 4.69) is 34.6 Å². The van der Waals surface area contributed by atoms with Gasteiger partial charge in [-0.25, -0.2) is 4.39 Å². The molecule has 0 heterocycles. The van der Waals surface area contributed by atoms with Crippen molar-refractivity contribution in [3.05, 3.63) is 0 Å². The lowest BCUT2D eigenvalue weighted by molar-refractivity contribution is 0.0171. The highest BCUT2D eigenvalue weighted by atomic mass is 19.1. The highest BCUT2D eigenvalue weighted by molar-refractivity contribution is 5.01. The molecule has 1 nitrogen and oxygen atoms in total. The van der Waals surface area contributed by atoms with Crippen LogP contribution >= 0.6 is 0 Å². The lowest BCUT2D eigenvalue weighted by atomic mass is 9.60. The summed E-state index contributed by atoms with van der Waals surface area (Å²) in [6, 6.07) is 0. The minimum Gasteiger partial charge on any atom is -0.325 e. The third-order valence-electron chi connectivity index (χ3n) is 4.23. The van der Waals surface area contributed by atoms with Crippen molar-refractivity contribution >= 4 is 0 Å². The summed E-state index contributed by atoms with van der Waals surface area (Å²) in [7, 11) is 0. The molecule has 1 aliphatic rings. The number of hydrogen-bond acceptors (Lipinski definition) is 1. The molecule has 2 unspecified atom stereocenters. The van der Waals surface area contributed by atoms with E-state index in [-0.39, 0.29) is 5.54 Å². The van der Waals surface area contributed by atoms with Gasteiger partial charge in [0.2, 0.25) is 0 Å². The fourth-order valence-electron chi connectivity index (χ4n) is 3.41. The molecular formula is C13H26FN. The molecule has 90 valence electrons. The van der Waals surface area contributed by atoms with E-state index < -0.39 is 6.17 Å². The van der Waals surface area contributed by atoms with Crippen LogP contribution in [0.5, 0.6) is 0 Å². The minimum atomic E-state index is -0.651. The summed E-state index contributed by atoms with van der Waals surface area (Å²) in [5, 5.41) is 0. The molecule has 15 heavy (non-hydrogen) atoms. The Hall–Kier alpha value is -0.110. The number of halogens is 1. The van der Waals surface area contributed by atoms with Gasteiger partial charge in [0.05, 0.1) is 0 Å². The molecule has 0 spiro atoms. The Balaban J connectivity index is 2.90. The van der Waals surface area contributed by atoms with Crippen molar-refractivity contribution in [1.82, 2.24) is 0 Å². The van der Waals surface area contributed by atoms with Crippen LogP contribution in [0.15, 0.2) is 0 Å². The zero-order chi connectivity index (χ0) is 11.8. The van der Waals surface area contributed by atoms with Crippen molar-refractivity contribution in [3.8, 4) is 0 Å². The van der Waals surface area contributed by atoms with Crippen LogP contribution in [0.3, 0.4) is 0 Å². The van der Waals surface area contributed by atoms with Gasteiger partial charge in [0, 0.05) is 5.54 Å². The van der Waals surface area contributed by atoms with E-state index in [0.717, 1.165) is 0 Å². The summed E-state index contributed by atoms with van der Waals surface area (Å²) in [6.07, 6.45) is 0.642. The van der Waals surface area contributed by atoms with Crippen LogP contribution in [0, 0.1) is 23.7 Å². The van der Waals surface area contributed by atoms with Gasteiger partial charge in [0.1, 0.15) is 6.17 Å². The Kier molecular flexibility index (Phi) is 3.80. The van der Waals surface area contributed by atoms with Crippen LogP contribution in [0.1, 0.15) is 47.5 Å². The topological polar surface area (TPSA) is 26.0 Å². The number of hydrogen-bond donors (Lipinski definition) is 1. The predicted molar refractivity (Wildman–Crippen MR) is 63.4 cm³/mol. The van der Waals surface area contributed by atoms with E-state index >= 15 is 0 Å². The lowest BCUT2D eigenvalue weighted by Crippen LogP contribution is -2.58. The lowest BCUT2D eigenvalue weighted by Gasteiger charge is -2.49. The van der Waals surface area contributed by atoms with Crippen LogP contribution in [0.4, 0.5) is 4.39 Å². The average molecular weight is 215 g/mol. The van der Waals surface area contributed by atoms with Gasteiger partial charge in [-0.1, -0.05) is 27.7 Å². The minimum absolute atomic E-state index is 0.203. The van der Waals surface area contributed by atoms with Gasteiger partial charge < -0.3 is 5.73 Å². The van der Waals surface area contributed by atoms with Crippen molar-refractivity contribution in [2.24, 2.45) is 29.4 Å². The smallest absolute Gasteiger partial charge is 0.101 e.